The van der Waals surface area contributed by atoms with Crippen LogP contribution in [0.5, 0.6) is 5.75 Å². The zero-order valence-corrected chi connectivity index (χ0v) is 12.4. The summed E-state index contributed by atoms with van der Waals surface area (Å²) in [6.45, 7) is 9.91. The third-order valence-electron chi connectivity index (χ3n) is 3.49. The SMILES string of the molecule is CCCN1CCN(CCOc2ccc(Cl)cc2)CC1. The standard InChI is InChI=1S/C15H23ClN2O/c1-2-7-17-8-10-18(11-9-17)12-13-19-15-5-3-14(16)4-6-15/h3-6H,2,7-13H2,1H3. The van der Waals surface area contributed by atoms with Crippen molar-refractivity contribution in [2.75, 3.05) is 45.9 Å². The molecule has 0 atom stereocenters. The van der Waals surface area contributed by atoms with Crippen molar-refractivity contribution in [3.63, 3.8) is 0 Å². The second-order valence-corrected chi connectivity index (χ2v) is 5.42. The molecule has 0 radical (unpaired) electrons. The predicted molar refractivity (Wildman–Crippen MR) is 80.1 cm³/mol. The average Bonchev–Trinajstić information content (AvgIpc) is 2.43. The van der Waals surface area contributed by atoms with E-state index in [1.165, 1.54) is 26.1 Å². The van der Waals surface area contributed by atoms with Crippen LogP contribution in [0.3, 0.4) is 0 Å². The number of hydrogen-bond donors (Lipinski definition) is 0. The third kappa shape index (κ3) is 5.01. The summed E-state index contributed by atoms with van der Waals surface area (Å²) in [5.41, 5.74) is 0. The largest absolute Gasteiger partial charge is 0.492 e. The molecule has 0 unspecified atom stereocenters. The number of hydrogen-bond acceptors (Lipinski definition) is 3. The molecular weight excluding hydrogens is 260 g/mol. The van der Waals surface area contributed by atoms with E-state index in [1.807, 2.05) is 24.3 Å². The van der Waals surface area contributed by atoms with Crippen molar-refractivity contribution >= 4 is 11.6 Å². The lowest BCUT2D eigenvalue weighted by Crippen LogP contribution is -2.47. The first-order valence-corrected chi connectivity index (χ1v) is 7.49. The first-order valence-electron chi connectivity index (χ1n) is 7.11. The Balaban J connectivity index is 1.63. The maximum atomic E-state index is 5.84. The van der Waals surface area contributed by atoms with Gasteiger partial charge in [0.15, 0.2) is 0 Å². The monoisotopic (exact) mass is 282 g/mol. The van der Waals surface area contributed by atoms with Crippen LogP contribution in [-0.2, 0) is 0 Å². The quantitative estimate of drug-likeness (QED) is 0.798. The molecule has 1 aromatic rings. The van der Waals surface area contributed by atoms with Gasteiger partial charge in [0.1, 0.15) is 12.4 Å². The van der Waals surface area contributed by atoms with Crippen LogP contribution < -0.4 is 4.74 Å². The predicted octanol–water partition coefficient (Wildman–Crippen LogP) is 2.75. The summed E-state index contributed by atoms with van der Waals surface area (Å²) in [6, 6.07) is 7.56. The minimum atomic E-state index is 0.745. The van der Waals surface area contributed by atoms with Gasteiger partial charge in [-0.05, 0) is 37.2 Å². The molecule has 1 heterocycles. The van der Waals surface area contributed by atoms with Crippen molar-refractivity contribution in [2.24, 2.45) is 0 Å². The Hall–Kier alpha value is -0.770. The zero-order chi connectivity index (χ0) is 13.5. The molecule has 0 bridgehead atoms. The van der Waals surface area contributed by atoms with Gasteiger partial charge in [0.2, 0.25) is 0 Å². The molecule has 0 N–H and O–H groups in total. The summed E-state index contributed by atoms with van der Waals surface area (Å²) in [4.78, 5) is 5.01. The van der Waals surface area contributed by atoms with Crippen LogP contribution in [0.15, 0.2) is 24.3 Å². The smallest absolute Gasteiger partial charge is 0.119 e. The molecule has 0 aromatic heterocycles. The van der Waals surface area contributed by atoms with Crippen molar-refractivity contribution < 1.29 is 4.74 Å². The van der Waals surface area contributed by atoms with E-state index in [2.05, 4.69) is 16.7 Å². The highest BCUT2D eigenvalue weighted by Crippen LogP contribution is 2.15. The van der Waals surface area contributed by atoms with Crippen LogP contribution in [0.2, 0.25) is 5.02 Å². The summed E-state index contributed by atoms with van der Waals surface area (Å²) < 4.78 is 5.72. The normalized spacial score (nSPS) is 17.6. The van der Waals surface area contributed by atoms with Crippen LogP contribution in [0, 0.1) is 0 Å². The second kappa shape index (κ2) is 7.73. The molecular formula is C15H23ClN2O. The Morgan fingerprint density at radius 1 is 1.00 bits per heavy atom. The molecule has 0 saturated carbocycles. The molecule has 0 spiro atoms. The topological polar surface area (TPSA) is 15.7 Å². The number of ether oxygens (including phenoxy) is 1. The minimum absolute atomic E-state index is 0.745. The van der Waals surface area contributed by atoms with Gasteiger partial charge in [-0.25, -0.2) is 0 Å². The highest BCUT2D eigenvalue weighted by atomic mass is 35.5. The Kier molecular flexibility index (Phi) is 5.95. The Morgan fingerprint density at radius 3 is 2.16 bits per heavy atom. The molecule has 106 valence electrons. The molecule has 1 aromatic carbocycles. The molecule has 1 saturated heterocycles. The summed E-state index contributed by atoms with van der Waals surface area (Å²) in [7, 11) is 0. The van der Waals surface area contributed by atoms with E-state index in [1.54, 1.807) is 0 Å². The van der Waals surface area contributed by atoms with Gasteiger partial charge in [0.05, 0.1) is 0 Å². The van der Waals surface area contributed by atoms with Gasteiger partial charge in [-0.15, -0.1) is 0 Å². The number of halogens is 1. The number of rotatable bonds is 6. The van der Waals surface area contributed by atoms with Gasteiger partial charge in [-0.2, -0.15) is 0 Å². The number of benzene rings is 1. The van der Waals surface area contributed by atoms with E-state index < -0.39 is 0 Å². The Labute approximate surface area is 121 Å². The summed E-state index contributed by atoms with van der Waals surface area (Å²) in [6.07, 6.45) is 1.25. The highest BCUT2D eigenvalue weighted by Gasteiger charge is 2.15. The van der Waals surface area contributed by atoms with Crippen LogP contribution in [0.4, 0.5) is 0 Å². The van der Waals surface area contributed by atoms with Gasteiger partial charge >= 0.3 is 0 Å². The van der Waals surface area contributed by atoms with Crippen molar-refractivity contribution in [2.45, 2.75) is 13.3 Å². The molecule has 4 heteroatoms. The summed E-state index contributed by atoms with van der Waals surface area (Å²) in [5, 5.41) is 0.749. The van der Waals surface area contributed by atoms with Crippen molar-refractivity contribution in [1.82, 2.24) is 9.80 Å². The van der Waals surface area contributed by atoms with Gasteiger partial charge in [0.25, 0.3) is 0 Å². The van der Waals surface area contributed by atoms with Crippen molar-refractivity contribution in [3.8, 4) is 5.75 Å². The van der Waals surface area contributed by atoms with Gasteiger partial charge in [-0.3, -0.25) is 4.90 Å². The fourth-order valence-corrected chi connectivity index (χ4v) is 2.50. The van der Waals surface area contributed by atoms with Crippen LogP contribution in [0.25, 0.3) is 0 Å². The molecule has 2 rings (SSSR count). The fourth-order valence-electron chi connectivity index (χ4n) is 2.38. The first kappa shape index (κ1) is 14.6. The van der Waals surface area contributed by atoms with Crippen LogP contribution in [-0.4, -0.2) is 55.7 Å². The summed E-state index contributed by atoms with van der Waals surface area (Å²) >= 11 is 5.84. The lowest BCUT2D eigenvalue weighted by Gasteiger charge is -2.34. The van der Waals surface area contributed by atoms with E-state index >= 15 is 0 Å². The Morgan fingerprint density at radius 2 is 1.58 bits per heavy atom. The molecule has 1 aliphatic rings. The van der Waals surface area contributed by atoms with Crippen molar-refractivity contribution in [1.29, 1.82) is 0 Å². The molecule has 1 aliphatic heterocycles. The third-order valence-corrected chi connectivity index (χ3v) is 3.75. The highest BCUT2D eigenvalue weighted by molar-refractivity contribution is 6.30. The number of nitrogens with zero attached hydrogens (tertiary/aromatic N) is 2. The van der Waals surface area contributed by atoms with E-state index in [0.29, 0.717) is 0 Å². The number of piperazine rings is 1. The second-order valence-electron chi connectivity index (χ2n) is 4.99. The lowest BCUT2D eigenvalue weighted by molar-refractivity contribution is 0.117. The lowest BCUT2D eigenvalue weighted by atomic mass is 10.3. The maximum Gasteiger partial charge on any atom is 0.119 e. The summed E-state index contributed by atoms with van der Waals surface area (Å²) in [5.74, 6) is 0.897. The van der Waals surface area contributed by atoms with E-state index in [9.17, 15) is 0 Å². The molecule has 0 amide bonds. The van der Waals surface area contributed by atoms with Gasteiger partial charge < -0.3 is 9.64 Å². The van der Waals surface area contributed by atoms with Crippen molar-refractivity contribution in [3.05, 3.63) is 29.3 Å². The zero-order valence-electron chi connectivity index (χ0n) is 11.6. The van der Waals surface area contributed by atoms with E-state index in [-0.39, 0.29) is 0 Å². The van der Waals surface area contributed by atoms with Crippen LogP contribution >= 0.6 is 11.6 Å². The Bertz CT molecular complexity index is 361. The minimum Gasteiger partial charge on any atom is -0.492 e. The van der Waals surface area contributed by atoms with E-state index in [4.69, 9.17) is 16.3 Å². The average molecular weight is 283 g/mol. The molecule has 0 aliphatic carbocycles. The molecule has 19 heavy (non-hydrogen) atoms. The van der Waals surface area contributed by atoms with E-state index in [0.717, 1.165) is 37.0 Å². The molecule has 1 fully saturated rings. The van der Waals surface area contributed by atoms with Gasteiger partial charge in [0, 0.05) is 37.7 Å². The first-order chi connectivity index (χ1) is 9.28. The molecule has 3 nitrogen and oxygen atoms in total. The van der Waals surface area contributed by atoms with Crippen LogP contribution in [0.1, 0.15) is 13.3 Å². The fraction of sp³-hybridized carbons (Fsp3) is 0.600. The maximum absolute atomic E-state index is 5.84. The van der Waals surface area contributed by atoms with Gasteiger partial charge in [-0.1, -0.05) is 18.5 Å².